The van der Waals surface area contributed by atoms with Gasteiger partial charge in [0.1, 0.15) is 0 Å². The minimum atomic E-state index is -0.0558. The van der Waals surface area contributed by atoms with E-state index in [1.165, 1.54) is 33.2 Å². The van der Waals surface area contributed by atoms with Crippen molar-refractivity contribution >= 4 is 62.4 Å². The summed E-state index contributed by atoms with van der Waals surface area (Å²) in [5, 5.41) is 4.59. The van der Waals surface area contributed by atoms with E-state index < -0.39 is 0 Å². The van der Waals surface area contributed by atoms with Crippen LogP contribution in [0, 0.1) is 0 Å². The van der Waals surface area contributed by atoms with E-state index in [1.54, 1.807) is 0 Å². The zero-order chi connectivity index (χ0) is 29.2. The van der Waals surface area contributed by atoms with Gasteiger partial charge in [0, 0.05) is 47.4 Å². The molecule has 0 radical (unpaired) electrons. The van der Waals surface area contributed by atoms with Crippen LogP contribution in [0.25, 0.3) is 21.5 Å². The number of halogens is 2. The summed E-state index contributed by atoms with van der Waals surface area (Å²) in [6, 6.07) is 38.4. The van der Waals surface area contributed by atoms with Crippen LogP contribution in [0.15, 0.2) is 132 Å². The van der Waals surface area contributed by atoms with Crippen LogP contribution >= 0.6 is 28.5 Å². The van der Waals surface area contributed by atoms with Crippen molar-refractivity contribution in [3.63, 3.8) is 0 Å². The molecule has 0 fully saturated rings. The molecule has 0 spiro atoms. The number of benzene rings is 4. The standard InChI is InChI=1S/C36H26N4.2BrH.Ni/c1-3-11-25-19-37-27(17-23(25)9-1)21-39-35-33-29-13-5-7-15-31(29)34(32-16-8-6-14-30(32)33)36(35)40-22-28-18-24-10-2-4-12-26(24)20-38-28;;;/h1-22,33-36H;2*1H;/q;;;+2/p-2/t33?,34?,35-,36-;;;/m1.../s1. The molecule has 2 aromatic heterocycles. The summed E-state index contributed by atoms with van der Waals surface area (Å²) in [4.78, 5) is 19.9. The number of pyridine rings is 2. The van der Waals surface area contributed by atoms with Gasteiger partial charge in [-0.2, -0.15) is 0 Å². The number of hydrogen-bond donors (Lipinski definition) is 0. The molecule has 0 N–H and O–H groups in total. The molecule has 9 rings (SSSR count). The van der Waals surface area contributed by atoms with Crippen LogP contribution in [0.1, 0.15) is 45.5 Å². The first-order valence-electron chi connectivity index (χ1n) is 14.0. The summed E-state index contributed by atoms with van der Waals surface area (Å²) in [6.07, 6.45) is 7.74. The van der Waals surface area contributed by atoms with Gasteiger partial charge in [0.25, 0.3) is 0 Å². The Hall–Kier alpha value is -3.51. The maximum atomic E-state index is 5.26. The van der Waals surface area contributed by atoms with Crippen LogP contribution in [-0.4, -0.2) is 34.5 Å². The van der Waals surface area contributed by atoms with Crippen LogP contribution in [0.4, 0.5) is 0 Å². The molecule has 214 valence electrons. The fourth-order valence-electron chi connectivity index (χ4n) is 6.64. The summed E-state index contributed by atoms with van der Waals surface area (Å²) in [5.41, 5.74) is 7.15. The second-order valence-electron chi connectivity index (χ2n) is 10.7. The third-order valence-electron chi connectivity index (χ3n) is 8.43. The summed E-state index contributed by atoms with van der Waals surface area (Å²) >= 11 is 6.00. The fraction of sp³-hybridized carbons (Fsp3) is 0.111. The summed E-state index contributed by atoms with van der Waals surface area (Å²) in [6.45, 7) is 0. The Balaban J connectivity index is 0.000000963. The number of aliphatic imine (C=N–C) groups is 2. The van der Waals surface area contributed by atoms with Crippen molar-refractivity contribution in [2.75, 3.05) is 0 Å². The molecule has 0 saturated heterocycles. The molecule has 43 heavy (non-hydrogen) atoms. The predicted molar refractivity (Wildman–Crippen MR) is 181 cm³/mol. The second-order valence-corrected chi connectivity index (χ2v) is 15.7. The molecular weight excluding hydrogens is 707 g/mol. The molecule has 3 aliphatic rings. The molecule has 2 atom stereocenters. The number of nitrogens with zero attached hydrogens (tertiary/aromatic N) is 4. The Labute approximate surface area is 270 Å². The maximum absolute atomic E-state index is 5.26. The molecule has 0 saturated carbocycles. The van der Waals surface area contributed by atoms with Crippen molar-refractivity contribution in [2.24, 2.45) is 9.98 Å². The Bertz CT molecular complexity index is 1800. The molecule has 6 aromatic rings. The molecule has 0 unspecified atom stereocenters. The van der Waals surface area contributed by atoms with Crippen molar-refractivity contribution in [1.82, 2.24) is 9.97 Å². The number of aromatic nitrogens is 2. The van der Waals surface area contributed by atoms with Gasteiger partial charge in [0.2, 0.25) is 0 Å². The predicted octanol–water partition coefficient (Wildman–Crippen LogP) is 9.04. The van der Waals surface area contributed by atoms with Gasteiger partial charge >= 0.3 is 39.3 Å². The van der Waals surface area contributed by atoms with Gasteiger partial charge in [-0.05, 0) is 45.2 Å². The van der Waals surface area contributed by atoms with Crippen LogP contribution in [0.3, 0.4) is 0 Å². The minimum absolute atomic E-state index is 0.0558. The normalized spacial score (nSPS) is 20.3. The molecule has 0 aliphatic heterocycles. The van der Waals surface area contributed by atoms with E-state index in [9.17, 15) is 0 Å². The molecule has 2 bridgehead atoms. The van der Waals surface area contributed by atoms with Gasteiger partial charge < -0.3 is 0 Å². The van der Waals surface area contributed by atoms with E-state index >= 15 is 0 Å². The first-order chi connectivity index (χ1) is 21.2. The Morgan fingerprint density at radius 3 is 1.21 bits per heavy atom. The molecule has 4 aromatic carbocycles. The molecule has 4 nitrogen and oxygen atoms in total. The fourth-order valence-corrected chi connectivity index (χ4v) is 6.64. The van der Waals surface area contributed by atoms with E-state index in [1.807, 2.05) is 37.0 Å². The Morgan fingerprint density at radius 1 is 0.512 bits per heavy atom. The van der Waals surface area contributed by atoms with Crippen molar-refractivity contribution in [1.29, 1.82) is 0 Å². The molecule has 3 aliphatic carbocycles. The SMILES string of the molecule is C(=N[C@@H]1C2c3ccccc3C(c3ccccc32)[C@H]1N=Cc1cc2ccccc2cn1)c1cc2ccccc2cn1.[Br][Ni][Br]. The average molecular weight is 733 g/mol. The molecular formula is C36H26Br2N4Ni. The Kier molecular flexibility index (Phi) is 8.30. The van der Waals surface area contributed by atoms with Gasteiger partial charge in [-0.3, -0.25) is 20.0 Å². The molecule has 2 heterocycles. The van der Waals surface area contributed by atoms with Crippen LogP contribution < -0.4 is 0 Å². The van der Waals surface area contributed by atoms with E-state index in [4.69, 9.17) is 20.0 Å². The van der Waals surface area contributed by atoms with Crippen LogP contribution in [-0.2, 0) is 10.9 Å². The van der Waals surface area contributed by atoms with Crippen molar-refractivity contribution in [2.45, 2.75) is 23.9 Å². The number of hydrogen-bond acceptors (Lipinski definition) is 4. The third kappa shape index (κ3) is 5.51. The summed E-state index contributed by atoms with van der Waals surface area (Å²) < 4.78 is 0. The second kappa shape index (κ2) is 12.6. The van der Waals surface area contributed by atoms with Crippen molar-refractivity contribution in [3.05, 3.63) is 155 Å². The monoisotopic (exact) mass is 730 g/mol. The van der Waals surface area contributed by atoms with Gasteiger partial charge in [-0.15, -0.1) is 0 Å². The summed E-state index contributed by atoms with van der Waals surface area (Å²) in [7, 11) is 1.25. The molecule has 7 heteroatoms. The number of fused-ring (bicyclic) bond motifs is 3. The number of rotatable bonds is 4. The van der Waals surface area contributed by atoms with Crippen molar-refractivity contribution < 1.29 is 10.9 Å². The molecule has 0 amide bonds. The van der Waals surface area contributed by atoms with E-state index in [0.29, 0.717) is 0 Å². The van der Waals surface area contributed by atoms with E-state index in [-0.39, 0.29) is 23.9 Å². The third-order valence-corrected chi connectivity index (χ3v) is 8.43. The Morgan fingerprint density at radius 2 is 0.837 bits per heavy atom. The quantitative estimate of drug-likeness (QED) is 0.134. The van der Waals surface area contributed by atoms with E-state index in [2.05, 4.69) is 126 Å². The van der Waals surface area contributed by atoms with Gasteiger partial charge in [-0.1, -0.05) is 97.1 Å². The average Bonchev–Trinajstić information content (AvgIpc) is 3.06. The van der Waals surface area contributed by atoms with Crippen LogP contribution in [0.2, 0.25) is 0 Å². The topological polar surface area (TPSA) is 50.5 Å². The zero-order valence-corrected chi connectivity index (χ0v) is 27.0. The van der Waals surface area contributed by atoms with Gasteiger partial charge in [0.05, 0.1) is 23.5 Å². The first kappa shape index (κ1) is 28.3. The van der Waals surface area contributed by atoms with Gasteiger partial charge in [0.15, 0.2) is 0 Å². The zero-order valence-electron chi connectivity index (χ0n) is 22.9. The van der Waals surface area contributed by atoms with Crippen molar-refractivity contribution in [3.8, 4) is 0 Å². The van der Waals surface area contributed by atoms with Gasteiger partial charge in [-0.25, -0.2) is 0 Å². The van der Waals surface area contributed by atoms with E-state index in [0.717, 1.165) is 32.9 Å². The summed E-state index contributed by atoms with van der Waals surface area (Å²) in [5.74, 6) is 0.252. The van der Waals surface area contributed by atoms with Crippen LogP contribution in [0.5, 0.6) is 0 Å². The first-order valence-corrected chi connectivity index (χ1v) is 18.9.